The predicted octanol–water partition coefficient (Wildman–Crippen LogP) is 2.30. The van der Waals surface area contributed by atoms with Crippen molar-refractivity contribution in [3.63, 3.8) is 0 Å². The van der Waals surface area contributed by atoms with Crippen LogP contribution in [0.15, 0.2) is 18.2 Å². The second-order valence-electron chi connectivity index (χ2n) is 6.58. The number of urea groups is 1. The summed E-state index contributed by atoms with van der Waals surface area (Å²) in [5.41, 5.74) is 3.39. The minimum atomic E-state index is -0.420. The molecular formula is C17H25N3O2. The molecule has 2 heterocycles. The van der Waals surface area contributed by atoms with Gasteiger partial charge in [-0.15, -0.1) is 0 Å². The Morgan fingerprint density at radius 2 is 2.18 bits per heavy atom. The second-order valence-corrected chi connectivity index (χ2v) is 6.58. The molecule has 0 aromatic heterocycles. The molecule has 3 rings (SSSR count). The zero-order valence-electron chi connectivity index (χ0n) is 13.4. The van der Waals surface area contributed by atoms with Gasteiger partial charge >= 0.3 is 6.03 Å². The van der Waals surface area contributed by atoms with Crippen LogP contribution in [-0.4, -0.2) is 48.8 Å². The number of β-amino-alcohol motifs (C(OH)–C–C–N with tert-alkyl or cyclic N) is 1. The third kappa shape index (κ3) is 3.04. The number of aryl methyl sites for hydroxylation is 1. The van der Waals surface area contributed by atoms with E-state index >= 15 is 0 Å². The highest BCUT2D eigenvalue weighted by Crippen LogP contribution is 2.28. The number of anilines is 2. The molecule has 5 nitrogen and oxygen atoms in total. The zero-order chi connectivity index (χ0) is 15.7. The van der Waals surface area contributed by atoms with E-state index < -0.39 is 6.10 Å². The number of aliphatic hydroxyl groups excluding tert-OH is 1. The van der Waals surface area contributed by atoms with E-state index in [4.69, 9.17) is 0 Å². The molecule has 1 fully saturated rings. The van der Waals surface area contributed by atoms with Crippen molar-refractivity contribution < 1.29 is 9.90 Å². The molecule has 5 heteroatoms. The number of benzene rings is 1. The first-order chi connectivity index (χ1) is 10.5. The smallest absolute Gasteiger partial charge is 0.321 e. The highest BCUT2D eigenvalue weighted by atomic mass is 16.3. The first kappa shape index (κ1) is 15.2. The number of carbonyl (C=O) groups is 1. The summed E-state index contributed by atoms with van der Waals surface area (Å²) in [6.45, 7) is 4.24. The van der Waals surface area contributed by atoms with E-state index in [9.17, 15) is 9.90 Å². The summed E-state index contributed by atoms with van der Waals surface area (Å²) < 4.78 is 0. The third-order valence-corrected chi connectivity index (χ3v) is 4.89. The summed E-state index contributed by atoms with van der Waals surface area (Å²) in [6, 6.07) is 6.00. The molecule has 0 bridgehead atoms. The van der Waals surface area contributed by atoms with Crippen LogP contribution in [0.5, 0.6) is 0 Å². The number of carbonyl (C=O) groups excluding carboxylic acids is 1. The lowest BCUT2D eigenvalue weighted by Crippen LogP contribution is -2.47. The van der Waals surface area contributed by atoms with Gasteiger partial charge in [0.05, 0.1) is 6.10 Å². The topological polar surface area (TPSA) is 55.8 Å². The predicted molar refractivity (Wildman–Crippen MR) is 88.4 cm³/mol. The van der Waals surface area contributed by atoms with Crippen molar-refractivity contribution >= 4 is 17.4 Å². The molecule has 2 aliphatic rings. The van der Waals surface area contributed by atoms with Gasteiger partial charge in [-0.2, -0.15) is 0 Å². The van der Waals surface area contributed by atoms with E-state index in [0.29, 0.717) is 13.1 Å². The van der Waals surface area contributed by atoms with Crippen molar-refractivity contribution in [2.75, 3.05) is 36.9 Å². The van der Waals surface area contributed by atoms with Gasteiger partial charge in [-0.05, 0) is 48.9 Å². The molecule has 120 valence electrons. The fourth-order valence-corrected chi connectivity index (χ4v) is 3.30. The molecule has 0 saturated carbocycles. The van der Waals surface area contributed by atoms with Crippen LogP contribution in [0.3, 0.4) is 0 Å². The molecule has 2 N–H and O–H groups in total. The molecule has 0 radical (unpaired) electrons. The maximum Gasteiger partial charge on any atom is 0.321 e. The van der Waals surface area contributed by atoms with Crippen LogP contribution in [0.4, 0.5) is 16.2 Å². The highest BCUT2D eigenvalue weighted by Gasteiger charge is 2.27. The normalized spacial score (nSPS) is 24.9. The molecule has 2 atom stereocenters. The standard InChI is InChI=1S/C17H25N3O2/c1-12-7-9-20(11-16(12)21)17(22)18-14-5-6-15-13(10-14)4-3-8-19(15)2/h5-6,10,12,16,21H,3-4,7-9,11H2,1-2H3,(H,18,22). The van der Waals surface area contributed by atoms with E-state index in [1.165, 1.54) is 11.3 Å². The third-order valence-electron chi connectivity index (χ3n) is 4.89. The number of hydrogen-bond donors (Lipinski definition) is 2. The second kappa shape index (κ2) is 6.16. The molecule has 2 aliphatic heterocycles. The first-order valence-corrected chi connectivity index (χ1v) is 8.12. The van der Waals surface area contributed by atoms with E-state index in [1.54, 1.807) is 4.90 Å². The van der Waals surface area contributed by atoms with Crippen molar-refractivity contribution in [2.45, 2.75) is 32.3 Å². The van der Waals surface area contributed by atoms with Gasteiger partial charge in [0.25, 0.3) is 0 Å². The average molecular weight is 303 g/mol. The minimum absolute atomic E-state index is 0.116. The number of likely N-dealkylation sites (tertiary alicyclic amines) is 1. The van der Waals surface area contributed by atoms with Crippen LogP contribution in [0, 0.1) is 5.92 Å². The number of fused-ring (bicyclic) bond motifs is 1. The molecule has 1 saturated heterocycles. The first-order valence-electron chi connectivity index (χ1n) is 8.12. The van der Waals surface area contributed by atoms with Gasteiger partial charge in [0.1, 0.15) is 0 Å². The van der Waals surface area contributed by atoms with Crippen LogP contribution in [-0.2, 0) is 6.42 Å². The number of amides is 2. The molecule has 1 aromatic carbocycles. The summed E-state index contributed by atoms with van der Waals surface area (Å²) in [5.74, 6) is 0.267. The number of nitrogens with zero attached hydrogens (tertiary/aromatic N) is 2. The van der Waals surface area contributed by atoms with Gasteiger partial charge in [0.2, 0.25) is 0 Å². The van der Waals surface area contributed by atoms with Crippen LogP contribution >= 0.6 is 0 Å². The molecule has 0 aliphatic carbocycles. The highest BCUT2D eigenvalue weighted by molar-refractivity contribution is 5.90. The summed E-state index contributed by atoms with van der Waals surface area (Å²) in [5, 5.41) is 12.9. The maximum absolute atomic E-state index is 12.3. The summed E-state index contributed by atoms with van der Waals surface area (Å²) >= 11 is 0. The lowest BCUT2D eigenvalue weighted by molar-refractivity contribution is 0.0464. The Bertz CT molecular complexity index is 561. The Balaban J connectivity index is 1.67. The zero-order valence-corrected chi connectivity index (χ0v) is 13.4. The van der Waals surface area contributed by atoms with E-state index in [0.717, 1.165) is 31.5 Å². The van der Waals surface area contributed by atoms with E-state index in [1.807, 2.05) is 13.0 Å². The van der Waals surface area contributed by atoms with Gasteiger partial charge in [-0.25, -0.2) is 4.79 Å². The number of hydrogen-bond acceptors (Lipinski definition) is 3. The summed E-state index contributed by atoms with van der Waals surface area (Å²) in [4.78, 5) is 16.3. The summed E-state index contributed by atoms with van der Waals surface area (Å²) in [6.07, 6.45) is 2.64. The van der Waals surface area contributed by atoms with E-state index in [-0.39, 0.29) is 11.9 Å². The molecule has 1 aromatic rings. The Hall–Kier alpha value is -1.75. The van der Waals surface area contributed by atoms with Crippen molar-refractivity contribution in [3.8, 4) is 0 Å². The van der Waals surface area contributed by atoms with Crippen molar-refractivity contribution in [2.24, 2.45) is 5.92 Å². The average Bonchev–Trinajstić information content (AvgIpc) is 2.50. The van der Waals surface area contributed by atoms with Gasteiger partial charge in [-0.1, -0.05) is 6.92 Å². The number of piperidine rings is 1. The van der Waals surface area contributed by atoms with Crippen LogP contribution in [0.2, 0.25) is 0 Å². The molecule has 2 amide bonds. The number of rotatable bonds is 1. The van der Waals surface area contributed by atoms with Gasteiger partial charge in [0, 0.05) is 38.1 Å². The summed E-state index contributed by atoms with van der Waals surface area (Å²) in [7, 11) is 2.10. The number of aliphatic hydroxyl groups is 1. The van der Waals surface area contributed by atoms with E-state index in [2.05, 4.69) is 29.4 Å². The molecule has 22 heavy (non-hydrogen) atoms. The fraction of sp³-hybridized carbons (Fsp3) is 0.588. The number of nitrogens with one attached hydrogen (secondary N) is 1. The van der Waals surface area contributed by atoms with Crippen LogP contribution in [0.1, 0.15) is 25.3 Å². The SMILES string of the molecule is CC1CCN(C(=O)Nc2ccc3c(c2)CCCN3C)CC1O. The van der Waals surface area contributed by atoms with Gasteiger partial charge in [0.15, 0.2) is 0 Å². The Labute approximate surface area is 131 Å². The maximum atomic E-state index is 12.3. The minimum Gasteiger partial charge on any atom is -0.391 e. The van der Waals surface area contributed by atoms with Gasteiger partial charge in [-0.3, -0.25) is 0 Å². The Morgan fingerprint density at radius 3 is 2.95 bits per heavy atom. The fourth-order valence-electron chi connectivity index (χ4n) is 3.30. The van der Waals surface area contributed by atoms with Crippen molar-refractivity contribution in [1.82, 2.24) is 4.90 Å². The molecular weight excluding hydrogens is 278 g/mol. The largest absolute Gasteiger partial charge is 0.391 e. The lowest BCUT2D eigenvalue weighted by atomic mass is 9.96. The molecule has 2 unspecified atom stereocenters. The quantitative estimate of drug-likeness (QED) is 0.837. The molecule has 0 spiro atoms. The van der Waals surface area contributed by atoms with Crippen molar-refractivity contribution in [1.29, 1.82) is 0 Å². The Kier molecular flexibility index (Phi) is 4.25. The van der Waals surface area contributed by atoms with Crippen LogP contribution < -0.4 is 10.2 Å². The lowest BCUT2D eigenvalue weighted by Gasteiger charge is -2.34. The van der Waals surface area contributed by atoms with Crippen molar-refractivity contribution in [3.05, 3.63) is 23.8 Å². The van der Waals surface area contributed by atoms with Gasteiger partial charge < -0.3 is 20.2 Å². The Morgan fingerprint density at radius 1 is 1.36 bits per heavy atom. The van der Waals surface area contributed by atoms with Crippen LogP contribution in [0.25, 0.3) is 0 Å². The monoisotopic (exact) mass is 303 g/mol.